The van der Waals surface area contributed by atoms with E-state index in [1.807, 2.05) is 20.8 Å². The van der Waals surface area contributed by atoms with Crippen LogP contribution < -0.4 is 19.5 Å². The first-order valence-electron chi connectivity index (χ1n) is 8.12. The summed E-state index contributed by atoms with van der Waals surface area (Å²) in [7, 11) is 0. The van der Waals surface area contributed by atoms with Gasteiger partial charge in [-0.3, -0.25) is 4.79 Å². The summed E-state index contributed by atoms with van der Waals surface area (Å²) in [5.41, 5.74) is 0.306. The van der Waals surface area contributed by atoms with Crippen LogP contribution in [0.1, 0.15) is 31.1 Å². The maximum absolute atomic E-state index is 12.5. The third-order valence-corrected chi connectivity index (χ3v) is 3.19. The number of benzene rings is 1. The normalized spacial score (nSPS) is 10.2. The lowest BCUT2D eigenvalue weighted by molar-refractivity contribution is 0.102. The summed E-state index contributed by atoms with van der Waals surface area (Å²) in [6.07, 6.45) is 1.48. The lowest BCUT2D eigenvalue weighted by Crippen LogP contribution is -2.14. The Balaban J connectivity index is 2.39. The Hall–Kier alpha value is -2.96. The summed E-state index contributed by atoms with van der Waals surface area (Å²) >= 11 is 0. The van der Waals surface area contributed by atoms with E-state index < -0.39 is 5.91 Å². The first kappa shape index (κ1) is 18.4. The van der Waals surface area contributed by atoms with Crippen LogP contribution in [0.25, 0.3) is 0 Å². The molecule has 134 valence electrons. The van der Waals surface area contributed by atoms with Gasteiger partial charge in [-0.25, -0.2) is 4.98 Å². The maximum Gasteiger partial charge on any atom is 0.257 e. The van der Waals surface area contributed by atoms with Crippen LogP contribution in [0.5, 0.6) is 23.0 Å². The zero-order chi connectivity index (χ0) is 18.2. The first-order chi connectivity index (χ1) is 12.1. The lowest BCUT2D eigenvalue weighted by Gasteiger charge is -2.17. The number of carbonyl (C=O) groups is 1. The van der Waals surface area contributed by atoms with Gasteiger partial charge in [0.2, 0.25) is 5.75 Å². The molecule has 1 amide bonds. The number of carbonyl (C=O) groups excluding carboxylic acids is 1. The van der Waals surface area contributed by atoms with Gasteiger partial charge < -0.3 is 24.6 Å². The standard InChI is InChI=1S/C18H22N2O5/c1-4-23-14-10-12(11-15(24-5-2)16(14)25-6-3)18(22)20-17-13(21)8-7-9-19-17/h7-11,21H,4-6H2,1-3H3,(H,19,20,22). The third-order valence-electron chi connectivity index (χ3n) is 3.19. The second-order valence-corrected chi connectivity index (χ2v) is 4.93. The highest BCUT2D eigenvalue weighted by molar-refractivity contribution is 6.05. The smallest absolute Gasteiger partial charge is 0.257 e. The average molecular weight is 346 g/mol. The van der Waals surface area contributed by atoms with Gasteiger partial charge in [0.15, 0.2) is 23.1 Å². The molecule has 0 saturated heterocycles. The minimum absolute atomic E-state index is 0.0808. The zero-order valence-electron chi connectivity index (χ0n) is 14.5. The molecule has 0 aliphatic rings. The summed E-state index contributed by atoms with van der Waals surface area (Å²) in [6, 6.07) is 6.17. The molecule has 2 N–H and O–H groups in total. The number of pyridine rings is 1. The molecular weight excluding hydrogens is 324 g/mol. The number of hydrogen-bond acceptors (Lipinski definition) is 6. The Morgan fingerprint density at radius 1 is 1.08 bits per heavy atom. The monoisotopic (exact) mass is 346 g/mol. The van der Waals surface area contributed by atoms with Gasteiger partial charge in [0.05, 0.1) is 19.8 Å². The molecule has 0 aliphatic heterocycles. The molecule has 7 heteroatoms. The second kappa shape index (κ2) is 8.77. The topological polar surface area (TPSA) is 89.9 Å². The highest BCUT2D eigenvalue weighted by Gasteiger charge is 2.19. The Kier molecular flexibility index (Phi) is 6.45. The van der Waals surface area contributed by atoms with Crippen molar-refractivity contribution in [3.8, 4) is 23.0 Å². The fraction of sp³-hybridized carbons (Fsp3) is 0.333. The van der Waals surface area contributed by atoms with Gasteiger partial charge in [-0.15, -0.1) is 0 Å². The van der Waals surface area contributed by atoms with Gasteiger partial charge in [-0.1, -0.05) is 0 Å². The Morgan fingerprint density at radius 3 is 2.20 bits per heavy atom. The van der Waals surface area contributed by atoms with Gasteiger partial charge in [-0.2, -0.15) is 0 Å². The van der Waals surface area contributed by atoms with Crippen LogP contribution in [-0.4, -0.2) is 35.8 Å². The van der Waals surface area contributed by atoms with Crippen molar-refractivity contribution < 1.29 is 24.1 Å². The predicted molar refractivity (Wildman–Crippen MR) is 93.8 cm³/mol. The number of nitrogens with zero attached hydrogens (tertiary/aromatic N) is 1. The van der Waals surface area contributed by atoms with Crippen LogP contribution in [0.4, 0.5) is 5.82 Å². The largest absolute Gasteiger partial charge is 0.504 e. The van der Waals surface area contributed by atoms with Crippen molar-refractivity contribution in [3.63, 3.8) is 0 Å². The third kappa shape index (κ3) is 4.53. The van der Waals surface area contributed by atoms with Crippen molar-refractivity contribution in [3.05, 3.63) is 36.0 Å². The Morgan fingerprint density at radius 2 is 1.68 bits per heavy atom. The van der Waals surface area contributed by atoms with Gasteiger partial charge in [-0.05, 0) is 45.0 Å². The van der Waals surface area contributed by atoms with E-state index in [0.717, 1.165) is 0 Å². The molecule has 0 fully saturated rings. The van der Waals surface area contributed by atoms with Gasteiger partial charge in [0.1, 0.15) is 0 Å². The molecule has 1 heterocycles. The van der Waals surface area contributed by atoms with Crippen LogP contribution in [-0.2, 0) is 0 Å². The molecule has 1 aromatic heterocycles. The molecule has 2 rings (SSSR count). The molecular formula is C18H22N2O5. The van der Waals surface area contributed by atoms with E-state index >= 15 is 0 Å². The van der Waals surface area contributed by atoms with E-state index in [4.69, 9.17) is 14.2 Å². The molecule has 0 radical (unpaired) electrons. The molecule has 0 atom stereocenters. The number of ether oxygens (including phenoxy) is 3. The van der Waals surface area contributed by atoms with E-state index in [9.17, 15) is 9.90 Å². The van der Waals surface area contributed by atoms with Crippen LogP contribution in [0.2, 0.25) is 0 Å². The predicted octanol–water partition coefficient (Wildman–Crippen LogP) is 3.24. The zero-order valence-corrected chi connectivity index (χ0v) is 14.5. The molecule has 0 spiro atoms. The maximum atomic E-state index is 12.5. The minimum Gasteiger partial charge on any atom is -0.504 e. The Labute approximate surface area is 146 Å². The van der Waals surface area contributed by atoms with Crippen molar-refractivity contribution in [1.82, 2.24) is 4.98 Å². The van der Waals surface area contributed by atoms with Gasteiger partial charge >= 0.3 is 0 Å². The molecule has 2 aromatic rings. The number of rotatable bonds is 8. The molecule has 0 aliphatic carbocycles. The summed E-state index contributed by atoms with van der Waals surface area (Å²) in [5.74, 6) is 0.827. The molecule has 7 nitrogen and oxygen atoms in total. The number of nitrogens with one attached hydrogen (secondary N) is 1. The molecule has 25 heavy (non-hydrogen) atoms. The number of anilines is 1. The van der Waals surface area contributed by atoms with Crippen LogP contribution in [0.15, 0.2) is 30.5 Å². The minimum atomic E-state index is -0.445. The molecule has 0 bridgehead atoms. The number of aromatic hydroxyl groups is 1. The van der Waals surface area contributed by atoms with E-state index in [-0.39, 0.29) is 11.6 Å². The molecule has 0 unspecified atom stereocenters. The number of aromatic nitrogens is 1. The molecule has 0 saturated carbocycles. The number of hydrogen-bond donors (Lipinski definition) is 2. The van der Waals surface area contributed by atoms with Crippen molar-refractivity contribution in [1.29, 1.82) is 0 Å². The van der Waals surface area contributed by atoms with Crippen LogP contribution in [0.3, 0.4) is 0 Å². The highest BCUT2D eigenvalue weighted by atomic mass is 16.5. The average Bonchev–Trinajstić information content (AvgIpc) is 2.60. The summed E-state index contributed by atoms with van der Waals surface area (Å²) < 4.78 is 16.8. The highest BCUT2D eigenvalue weighted by Crippen LogP contribution is 2.39. The molecule has 1 aromatic carbocycles. The number of amides is 1. The van der Waals surface area contributed by atoms with E-state index in [1.165, 1.54) is 12.3 Å². The second-order valence-electron chi connectivity index (χ2n) is 4.93. The van der Waals surface area contributed by atoms with Crippen molar-refractivity contribution in [2.75, 3.05) is 25.1 Å². The quantitative estimate of drug-likeness (QED) is 0.763. The van der Waals surface area contributed by atoms with E-state index in [1.54, 1.807) is 18.2 Å². The fourth-order valence-electron chi connectivity index (χ4n) is 2.19. The van der Waals surface area contributed by atoms with E-state index in [2.05, 4.69) is 10.3 Å². The lowest BCUT2D eigenvalue weighted by atomic mass is 10.1. The van der Waals surface area contributed by atoms with Crippen LogP contribution in [0, 0.1) is 0 Å². The summed E-state index contributed by atoms with van der Waals surface area (Å²) in [5, 5.41) is 12.3. The fourth-order valence-corrected chi connectivity index (χ4v) is 2.19. The Bertz CT molecular complexity index is 706. The van der Waals surface area contributed by atoms with Gasteiger partial charge in [0, 0.05) is 11.8 Å². The van der Waals surface area contributed by atoms with Crippen LogP contribution >= 0.6 is 0 Å². The summed E-state index contributed by atoms with van der Waals surface area (Å²) in [6.45, 7) is 6.81. The van der Waals surface area contributed by atoms with Gasteiger partial charge in [0.25, 0.3) is 5.91 Å². The first-order valence-corrected chi connectivity index (χ1v) is 8.12. The van der Waals surface area contributed by atoms with E-state index in [0.29, 0.717) is 42.6 Å². The summed E-state index contributed by atoms with van der Waals surface area (Å²) in [4.78, 5) is 16.5. The van der Waals surface area contributed by atoms with Crippen molar-refractivity contribution >= 4 is 11.7 Å². The van der Waals surface area contributed by atoms with Crippen molar-refractivity contribution in [2.45, 2.75) is 20.8 Å². The van der Waals surface area contributed by atoms with Crippen molar-refractivity contribution in [2.24, 2.45) is 0 Å². The SMILES string of the molecule is CCOc1cc(C(=O)Nc2ncccc2O)cc(OCC)c1OCC.